The van der Waals surface area contributed by atoms with Gasteiger partial charge in [0.25, 0.3) is 0 Å². The summed E-state index contributed by atoms with van der Waals surface area (Å²) in [6, 6.07) is 0.00331. The van der Waals surface area contributed by atoms with Gasteiger partial charge in [-0.1, -0.05) is 43.7 Å². The summed E-state index contributed by atoms with van der Waals surface area (Å²) in [4.78, 5) is 19.6. The van der Waals surface area contributed by atoms with Gasteiger partial charge in [0.1, 0.15) is 6.04 Å². The molecule has 132 valence electrons. The van der Waals surface area contributed by atoms with Crippen LogP contribution in [-0.2, 0) is 4.79 Å². The van der Waals surface area contributed by atoms with Crippen LogP contribution in [0.2, 0.25) is 0 Å². The van der Waals surface area contributed by atoms with E-state index < -0.39 is 0 Å². The Morgan fingerprint density at radius 3 is 2.62 bits per heavy atom. The topological polar surface area (TPSA) is 59.2 Å². The highest BCUT2D eigenvalue weighted by Gasteiger charge is 2.34. The minimum atomic E-state index is 0.00331. The van der Waals surface area contributed by atoms with Crippen molar-refractivity contribution >= 4 is 5.91 Å². The van der Waals surface area contributed by atoms with Crippen LogP contribution in [0.25, 0.3) is 0 Å². The van der Waals surface area contributed by atoms with Crippen LogP contribution in [0.5, 0.6) is 0 Å². The molecular weight excluding hydrogens is 302 g/mol. The zero-order valence-corrected chi connectivity index (χ0v) is 14.6. The smallest absolute Gasteiger partial charge is 0.249 e. The van der Waals surface area contributed by atoms with Crippen LogP contribution in [0.4, 0.5) is 0 Å². The molecule has 1 aromatic rings. The summed E-state index contributed by atoms with van der Waals surface area (Å²) in [5, 5.41) is 4.16. The van der Waals surface area contributed by atoms with Gasteiger partial charge in [0.15, 0.2) is 5.82 Å². The molecular formula is C19H29N3O2. The summed E-state index contributed by atoms with van der Waals surface area (Å²) in [5.41, 5.74) is 0. The van der Waals surface area contributed by atoms with Gasteiger partial charge in [-0.2, -0.15) is 4.98 Å². The fourth-order valence-corrected chi connectivity index (χ4v) is 4.32. The van der Waals surface area contributed by atoms with Crippen LogP contribution in [0.15, 0.2) is 4.52 Å². The zero-order valence-electron chi connectivity index (χ0n) is 14.6. The highest BCUT2D eigenvalue weighted by molar-refractivity contribution is 5.76. The molecule has 0 N–H and O–H groups in total. The number of aromatic nitrogens is 2. The van der Waals surface area contributed by atoms with Crippen LogP contribution in [0.3, 0.4) is 0 Å². The lowest BCUT2D eigenvalue weighted by Gasteiger charge is -2.28. The molecule has 0 radical (unpaired) electrons. The first-order valence-electron chi connectivity index (χ1n) is 9.94. The second kappa shape index (κ2) is 7.24. The summed E-state index contributed by atoms with van der Waals surface area (Å²) < 4.78 is 5.56. The van der Waals surface area contributed by atoms with E-state index in [2.05, 4.69) is 10.1 Å². The largest absolute Gasteiger partial charge is 0.337 e. The van der Waals surface area contributed by atoms with Gasteiger partial charge in [-0.25, -0.2) is 0 Å². The van der Waals surface area contributed by atoms with Crippen molar-refractivity contribution in [1.29, 1.82) is 0 Å². The third-order valence-corrected chi connectivity index (χ3v) is 6.00. The van der Waals surface area contributed by atoms with Gasteiger partial charge in [-0.05, 0) is 38.0 Å². The average Bonchev–Trinajstić information content (AvgIpc) is 3.19. The van der Waals surface area contributed by atoms with E-state index in [1.165, 1.54) is 44.9 Å². The Hall–Kier alpha value is -1.39. The van der Waals surface area contributed by atoms with Crippen LogP contribution < -0.4 is 0 Å². The molecule has 5 nitrogen and oxygen atoms in total. The lowest BCUT2D eigenvalue weighted by atomic mass is 10.0. The molecule has 0 bridgehead atoms. The molecule has 0 aromatic carbocycles. The van der Waals surface area contributed by atoms with Gasteiger partial charge in [0, 0.05) is 18.9 Å². The molecule has 5 heteroatoms. The van der Waals surface area contributed by atoms with Gasteiger partial charge >= 0.3 is 0 Å². The first kappa shape index (κ1) is 16.1. The molecule has 1 unspecified atom stereocenters. The minimum absolute atomic E-state index is 0.00331. The van der Waals surface area contributed by atoms with Crippen molar-refractivity contribution in [2.45, 2.75) is 89.0 Å². The normalized spacial score (nSPS) is 25.8. The van der Waals surface area contributed by atoms with Crippen molar-refractivity contribution in [2.75, 3.05) is 6.54 Å². The number of likely N-dealkylation sites (tertiary alicyclic amines) is 1. The van der Waals surface area contributed by atoms with E-state index in [1.807, 2.05) is 4.90 Å². The highest BCUT2D eigenvalue weighted by atomic mass is 16.5. The maximum atomic E-state index is 12.9. The zero-order chi connectivity index (χ0) is 16.4. The second-order valence-electron chi connectivity index (χ2n) is 7.91. The fourth-order valence-electron chi connectivity index (χ4n) is 4.32. The van der Waals surface area contributed by atoms with Crippen LogP contribution in [0, 0.1) is 5.92 Å². The number of amides is 1. The molecule has 2 saturated carbocycles. The summed E-state index contributed by atoms with van der Waals surface area (Å²) >= 11 is 0. The maximum absolute atomic E-state index is 12.9. The molecule has 1 aromatic heterocycles. The Bertz CT molecular complexity index is 561. The molecule has 0 spiro atoms. The average molecular weight is 331 g/mol. The van der Waals surface area contributed by atoms with Crippen molar-refractivity contribution in [2.24, 2.45) is 5.92 Å². The molecule has 1 aliphatic heterocycles. The quantitative estimate of drug-likeness (QED) is 0.804. The van der Waals surface area contributed by atoms with E-state index in [1.54, 1.807) is 0 Å². The minimum Gasteiger partial charge on any atom is -0.337 e. The van der Waals surface area contributed by atoms with Gasteiger partial charge in [-0.15, -0.1) is 0 Å². The molecule has 2 aliphatic carbocycles. The number of nitrogens with zero attached hydrogens (tertiary/aromatic N) is 3. The third-order valence-electron chi connectivity index (χ3n) is 6.00. The Labute approximate surface area is 144 Å². The number of carbonyl (C=O) groups excluding carboxylic acids is 1. The lowest BCUT2D eigenvalue weighted by Crippen LogP contribution is -2.35. The lowest BCUT2D eigenvalue weighted by molar-refractivity contribution is -0.134. The molecule has 1 atom stereocenters. The van der Waals surface area contributed by atoms with Gasteiger partial charge < -0.3 is 9.42 Å². The van der Waals surface area contributed by atoms with Gasteiger partial charge in [0.05, 0.1) is 0 Å². The van der Waals surface area contributed by atoms with Crippen molar-refractivity contribution in [3.8, 4) is 0 Å². The molecule has 1 amide bonds. The summed E-state index contributed by atoms with van der Waals surface area (Å²) in [7, 11) is 0. The summed E-state index contributed by atoms with van der Waals surface area (Å²) in [6.07, 6.45) is 13.8. The van der Waals surface area contributed by atoms with Crippen molar-refractivity contribution in [3.63, 3.8) is 0 Å². The Morgan fingerprint density at radius 2 is 1.83 bits per heavy atom. The van der Waals surface area contributed by atoms with E-state index in [0.717, 1.165) is 44.0 Å². The molecule has 24 heavy (non-hydrogen) atoms. The first-order chi connectivity index (χ1) is 11.8. The molecule has 3 fully saturated rings. The number of hydrogen-bond donors (Lipinski definition) is 0. The van der Waals surface area contributed by atoms with Crippen molar-refractivity contribution < 1.29 is 9.32 Å². The van der Waals surface area contributed by atoms with Gasteiger partial charge in [-0.3, -0.25) is 4.79 Å². The number of hydrogen-bond acceptors (Lipinski definition) is 4. The third kappa shape index (κ3) is 3.65. The molecule has 1 saturated heterocycles. The summed E-state index contributed by atoms with van der Waals surface area (Å²) in [6.45, 7) is 0.843. The van der Waals surface area contributed by atoms with Crippen LogP contribution >= 0.6 is 0 Å². The predicted octanol–water partition coefficient (Wildman–Crippen LogP) is 4.36. The van der Waals surface area contributed by atoms with E-state index in [-0.39, 0.29) is 6.04 Å². The predicted molar refractivity (Wildman–Crippen MR) is 90.4 cm³/mol. The van der Waals surface area contributed by atoms with E-state index in [0.29, 0.717) is 24.1 Å². The van der Waals surface area contributed by atoms with Crippen LogP contribution in [-0.4, -0.2) is 27.5 Å². The van der Waals surface area contributed by atoms with Crippen LogP contribution in [0.1, 0.15) is 101 Å². The van der Waals surface area contributed by atoms with Gasteiger partial charge in [0.2, 0.25) is 11.8 Å². The van der Waals surface area contributed by atoms with Crippen molar-refractivity contribution in [3.05, 3.63) is 11.7 Å². The Balaban J connectivity index is 1.43. The monoisotopic (exact) mass is 331 g/mol. The van der Waals surface area contributed by atoms with E-state index in [4.69, 9.17) is 4.52 Å². The Morgan fingerprint density at radius 1 is 1.04 bits per heavy atom. The number of rotatable bonds is 5. The Kier molecular flexibility index (Phi) is 4.86. The first-order valence-corrected chi connectivity index (χ1v) is 9.94. The van der Waals surface area contributed by atoms with E-state index >= 15 is 0 Å². The fraction of sp³-hybridized carbons (Fsp3) is 0.842. The standard InChI is InChI=1S/C19H29N3O2/c23-17(12-9-14-6-3-4-7-14)22-13-5-1-2-8-16(22)19-20-18(21-24-19)15-10-11-15/h14-16H,1-13H2. The maximum Gasteiger partial charge on any atom is 0.249 e. The second-order valence-corrected chi connectivity index (χ2v) is 7.91. The van der Waals surface area contributed by atoms with E-state index in [9.17, 15) is 4.79 Å². The summed E-state index contributed by atoms with van der Waals surface area (Å²) in [5.74, 6) is 3.09. The highest BCUT2D eigenvalue weighted by Crippen LogP contribution is 2.39. The van der Waals surface area contributed by atoms with Crippen molar-refractivity contribution in [1.82, 2.24) is 15.0 Å². The molecule has 4 rings (SSSR count). The molecule has 2 heterocycles. The molecule has 3 aliphatic rings. The number of carbonyl (C=O) groups is 1. The SMILES string of the molecule is O=C(CCC1CCCC1)N1CCCCCC1c1nc(C2CC2)no1.